The number of aromatic nitrogens is 2. The highest BCUT2D eigenvalue weighted by Crippen LogP contribution is 2.55. The number of piperazine rings is 1. The smallest absolute Gasteiger partial charge is 0.270 e. The molecule has 3 unspecified atom stereocenters. The van der Waals surface area contributed by atoms with Gasteiger partial charge < -0.3 is 25.5 Å². The number of rotatable bonds is 5. The molecule has 1 saturated heterocycles. The summed E-state index contributed by atoms with van der Waals surface area (Å²) in [6, 6.07) is 9.67. The Morgan fingerprint density at radius 1 is 1.03 bits per heavy atom. The van der Waals surface area contributed by atoms with Crippen LogP contribution in [0.5, 0.6) is 0 Å². The van der Waals surface area contributed by atoms with E-state index in [1.165, 1.54) is 0 Å². The molecule has 4 aliphatic carbocycles. The van der Waals surface area contributed by atoms with Gasteiger partial charge in [0.15, 0.2) is 0 Å². The molecule has 3 heterocycles. The molecule has 4 bridgehead atoms. The first-order valence-electron chi connectivity index (χ1n) is 13.5. The van der Waals surface area contributed by atoms with Gasteiger partial charge in [-0.05, 0) is 81.0 Å². The number of hydrogen-bond acceptors (Lipinski definition) is 7. The van der Waals surface area contributed by atoms with Crippen molar-refractivity contribution in [3.8, 4) is 0 Å². The number of aliphatic hydroxyl groups is 1. The fourth-order valence-electron chi connectivity index (χ4n) is 7.51. The second kappa shape index (κ2) is 9.28. The number of nitrogens with one attached hydrogen (secondary N) is 2. The van der Waals surface area contributed by atoms with Gasteiger partial charge in [-0.3, -0.25) is 9.59 Å². The van der Waals surface area contributed by atoms with Gasteiger partial charge in [-0.15, -0.1) is 0 Å². The molecule has 9 heteroatoms. The maximum atomic E-state index is 13.3. The van der Waals surface area contributed by atoms with Gasteiger partial charge in [-0.1, -0.05) is 6.07 Å². The van der Waals surface area contributed by atoms with Crippen molar-refractivity contribution >= 4 is 23.5 Å². The minimum absolute atomic E-state index is 0.113. The lowest BCUT2D eigenvalue weighted by Gasteiger charge is -2.58. The van der Waals surface area contributed by atoms with Crippen molar-refractivity contribution in [1.29, 1.82) is 0 Å². The van der Waals surface area contributed by atoms with Gasteiger partial charge in [0.25, 0.3) is 11.8 Å². The molecule has 3 N–H and O–H groups in total. The van der Waals surface area contributed by atoms with E-state index in [4.69, 9.17) is 4.98 Å². The third kappa shape index (κ3) is 4.54. The average molecular weight is 505 g/mol. The summed E-state index contributed by atoms with van der Waals surface area (Å²) in [5.41, 5.74) is 0.489. The van der Waals surface area contributed by atoms with Crippen molar-refractivity contribution in [3.63, 3.8) is 0 Å². The van der Waals surface area contributed by atoms with E-state index in [1.807, 2.05) is 18.2 Å². The Labute approximate surface area is 217 Å². The molecule has 2 aromatic heterocycles. The second-order valence-electron chi connectivity index (χ2n) is 11.5. The van der Waals surface area contributed by atoms with E-state index in [0.29, 0.717) is 29.0 Å². The van der Waals surface area contributed by atoms with Crippen LogP contribution in [0.2, 0.25) is 0 Å². The van der Waals surface area contributed by atoms with E-state index in [1.54, 1.807) is 25.4 Å². The highest BCUT2D eigenvalue weighted by Gasteiger charge is 2.55. The fourth-order valence-corrected chi connectivity index (χ4v) is 7.51. The van der Waals surface area contributed by atoms with Gasteiger partial charge in [-0.2, -0.15) is 0 Å². The summed E-state index contributed by atoms with van der Waals surface area (Å²) in [4.78, 5) is 38.8. The molecular weight excluding hydrogens is 468 g/mol. The third-order valence-electron chi connectivity index (χ3n) is 8.99. The number of amides is 2. The van der Waals surface area contributed by atoms with Crippen LogP contribution in [-0.4, -0.2) is 71.3 Å². The summed E-state index contributed by atoms with van der Waals surface area (Å²) in [6.45, 7) is 4.44. The first-order chi connectivity index (χ1) is 17.8. The molecule has 1 aliphatic heterocycles. The Hall–Kier alpha value is -3.20. The lowest BCUT2D eigenvalue weighted by Crippen LogP contribution is -2.61. The highest BCUT2D eigenvalue weighted by molar-refractivity contribution is 5.94. The van der Waals surface area contributed by atoms with Crippen LogP contribution in [0, 0.1) is 17.8 Å². The summed E-state index contributed by atoms with van der Waals surface area (Å²) < 4.78 is 0. The average Bonchev–Trinajstić information content (AvgIpc) is 2.89. The zero-order valence-electron chi connectivity index (χ0n) is 21.6. The molecule has 37 heavy (non-hydrogen) atoms. The molecule has 2 aromatic rings. The molecule has 0 aromatic carbocycles. The monoisotopic (exact) mass is 504 g/mol. The zero-order valence-corrected chi connectivity index (χ0v) is 21.6. The first kappa shape index (κ1) is 24.2. The van der Waals surface area contributed by atoms with Crippen molar-refractivity contribution in [3.05, 3.63) is 47.8 Å². The van der Waals surface area contributed by atoms with Gasteiger partial charge in [0, 0.05) is 45.0 Å². The van der Waals surface area contributed by atoms with Gasteiger partial charge in [0.05, 0.1) is 11.2 Å². The molecule has 0 radical (unpaired) electrons. The Morgan fingerprint density at radius 3 is 2.46 bits per heavy atom. The molecular formula is C28H36N6O3. The van der Waals surface area contributed by atoms with Crippen LogP contribution in [0.4, 0.5) is 11.6 Å². The highest BCUT2D eigenvalue weighted by atomic mass is 16.3. The number of carbonyl (C=O) groups is 2. The van der Waals surface area contributed by atoms with Crippen LogP contribution >= 0.6 is 0 Å². The molecule has 5 aliphatic rings. The van der Waals surface area contributed by atoms with E-state index in [0.717, 1.165) is 63.4 Å². The van der Waals surface area contributed by atoms with E-state index < -0.39 is 5.60 Å². The maximum absolute atomic E-state index is 13.3. The Bertz CT molecular complexity index is 1170. The summed E-state index contributed by atoms with van der Waals surface area (Å²) in [7, 11) is 1.61. The molecule has 0 spiro atoms. The van der Waals surface area contributed by atoms with Crippen molar-refractivity contribution in [2.24, 2.45) is 17.8 Å². The minimum Gasteiger partial charge on any atom is -0.390 e. The molecule has 3 atom stereocenters. The SMILES string of the molecule is CNC(=O)c1ccc(N2CCN(c3cccc(C(=O)NC4C5CC6CC4CC(O)(C6)C5)n3)C(C)C2)nc1. The van der Waals surface area contributed by atoms with Crippen molar-refractivity contribution < 1.29 is 14.7 Å². The molecule has 4 saturated carbocycles. The minimum atomic E-state index is -0.504. The Morgan fingerprint density at radius 2 is 1.81 bits per heavy atom. The topological polar surface area (TPSA) is 111 Å². The van der Waals surface area contributed by atoms with Crippen LogP contribution in [-0.2, 0) is 0 Å². The number of nitrogens with zero attached hydrogens (tertiary/aromatic N) is 4. The lowest BCUT2D eigenvalue weighted by atomic mass is 9.52. The molecule has 196 valence electrons. The first-order valence-corrected chi connectivity index (χ1v) is 13.5. The van der Waals surface area contributed by atoms with E-state index in [9.17, 15) is 14.7 Å². The van der Waals surface area contributed by atoms with E-state index >= 15 is 0 Å². The maximum Gasteiger partial charge on any atom is 0.270 e. The van der Waals surface area contributed by atoms with Crippen LogP contribution in [0.1, 0.15) is 59.9 Å². The van der Waals surface area contributed by atoms with Gasteiger partial charge in [0.1, 0.15) is 17.3 Å². The van der Waals surface area contributed by atoms with Crippen LogP contribution in [0.15, 0.2) is 36.5 Å². The molecule has 5 fully saturated rings. The normalized spacial score (nSPS) is 32.4. The third-order valence-corrected chi connectivity index (χ3v) is 8.99. The van der Waals surface area contributed by atoms with Crippen LogP contribution < -0.4 is 20.4 Å². The van der Waals surface area contributed by atoms with E-state index in [2.05, 4.69) is 32.3 Å². The molecule has 7 rings (SSSR count). The lowest BCUT2D eigenvalue weighted by molar-refractivity contribution is -0.136. The number of hydrogen-bond donors (Lipinski definition) is 3. The van der Waals surface area contributed by atoms with Crippen LogP contribution in [0.25, 0.3) is 0 Å². The second-order valence-corrected chi connectivity index (χ2v) is 11.5. The van der Waals surface area contributed by atoms with Crippen molar-refractivity contribution in [1.82, 2.24) is 20.6 Å². The zero-order chi connectivity index (χ0) is 25.7. The fraction of sp³-hybridized carbons (Fsp3) is 0.571. The summed E-state index contributed by atoms with van der Waals surface area (Å²) in [5, 5.41) is 16.8. The Kier molecular flexibility index (Phi) is 6.06. The number of anilines is 2. The molecule has 2 amide bonds. The van der Waals surface area contributed by atoms with Gasteiger partial charge in [-0.25, -0.2) is 9.97 Å². The predicted octanol–water partition coefficient (Wildman–Crippen LogP) is 2.22. The summed E-state index contributed by atoms with van der Waals surface area (Å²) >= 11 is 0. The van der Waals surface area contributed by atoms with Crippen molar-refractivity contribution in [2.45, 2.75) is 56.7 Å². The summed E-state index contributed by atoms with van der Waals surface area (Å²) in [5.74, 6) is 2.75. The van der Waals surface area contributed by atoms with E-state index in [-0.39, 0.29) is 23.9 Å². The summed E-state index contributed by atoms with van der Waals surface area (Å²) in [6.07, 6.45) is 6.39. The molecule has 9 nitrogen and oxygen atoms in total. The standard InChI is InChI=1S/C28H36N6O3/c1-17-16-33(23-7-6-19(15-30-23)26(35)29-2)8-9-34(17)24-5-3-4-22(31-24)27(36)32-25-20-10-18-11-21(25)14-28(37,12-18)13-20/h3-7,15,17-18,20-21,25,37H,8-14,16H2,1-2H3,(H,29,35)(H,32,36). The number of carbonyl (C=O) groups excluding carboxylic acids is 2. The largest absolute Gasteiger partial charge is 0.390 e. The number of pyridine rings is 2. The van der Waals surface area contributed by atoms with Crippen LogP contribution in [0.3, 0.4) is 0 Å². The quantitative estimate of drug-likeness (QED) is 0.573. The van der Waals surface area contributed by atoms with Gasteiger partial charge in [0.2, 0.25) is 0 Å². The van der Waals surface area contributed by atoms with Gasteiger partial charge >= 0.3 is 0 Å². The predicted molar refractivity (Wildman–Crippen MR) is 141 cm³/mol. The Balaban J connectivity index is 1.10. The van der Waals surface area contributed by atoms with Crippen molar-refractivity contribution in [2.75, 3.05) is 36.5 Å².